The Morgan fingerprint density at radius 1 is 1.19 bits per heavy atom. The number of halogens is 1. The molecule has 0 atom stereocenters. The number of amides is 2. The second kappa shape index (κ2) is 6.21. The maximum absolute atomic E-state index is 13.0. The third-order valence-electron chi connectivity index (χ3n) is 2.85. The van der Waals surface area contributed by atoms with E-state index in [4.69, 9.17) is 4.42 Å². The molecular formula is C15H15FN2O3. The predicted octanol–water partition coefficient (Wildman–Crippen LogP) is 2.04. The van der Waals surface area contributed by atoms with Crippen molar-refractivity contribution in [2.45, 2.75) is 20.3 Å². The molecule has 0 saturated heterocycles. The highest BCUT2D eigenvalue weighted by molar-refractivity contribution is 5.96. The summed E-state index contributed by atoms with van der Waals surface area (Å²) in [5.74, 6) is -0.217. The van der Waals surface area contributed by atoms with Gasteiger partial charge in [-0.15, -0.1) is 0 Å². The second-order valence-electron chi connectivity index (χ2n) is 4.64. The monoisotopic (exact) mass is 290 g/mol. The first-order valence-electron chi connectivity index (χ1n) is 6.36. The molecule has 21 heavy (non-hydrogen) atoms. The van der Waals surface area contributed by atoms with Crippen molar-refractivity contribution < 1.29 is 18.4 Å². The molecule has 0 spiro atoms. The number of hydrogen-bond acceptors (Lipinski definition) is 3. The Balaban J connectivity index is 1.89. The Kier molecular flexibility index (Phi) is 4.37. The van der Waals surface area contributed by atoms with Gasteiger partial charge in [0.25, 0.3) is 5.91 Å². The van der Waals surface area contributed by atoms with Crippen LogP contribution in [0.1, 0.15) is 27.4 Å². The molecule has 2 rings (SSSR count). The molecule has 0 fully saturated rings. The van der Waals surface area contributed by atoms with Gasteiger partial charge in [0, 0.05) is 0 Å². The number of hydrogen-bond donors (Lipinski definition) is 2. The first kappa shape index (κ1) is 14.8. The minimum absolute atomic E-state index is 0.0264. The smallest absolute Gasteiger partial charge is 0.273 e. The van der Waals surface area contributed by atoms with E-state index < -0.39 is 17.6 Å². The molecule has 5 nitrogen and oxygen atoms in total. The molecule has 0 aliphatic carbocycles. The summed E-state index contributed by atoms with van der Waals surface area (Å²) in [6.45, 7) is 3.39. The van der Waals surface area contributed by atoms with Crippen LogP contribution in [0.4, 0.5) is 4.39 Å². The molecule has 110 valence electrons. The molecular weight excluding hydrogens is 275 g/mol. The number of nitrogens with one attached hydrogen (secondary N) is 2. The zero-order chi connectivity index (χ0) is 15.4. The molecule has 1 aromatic carbocycles. The number of rotatable bonds is 3. The Hall–Kier alpha value is -2.63. The predicted molar refractivity (Wildman–Crippen MR) is 73.9 cm³/mol. The van der Waals surface area contributed by atoms with Crippen LogP contribution in [0.3, 0.4) is 0 Å². The van der Waals surface area contributed by atoms with Gasteiger partial charge in [-0.05, 0) is 37.6 Å². The minimum atomic E-state index is -0.461. The number of carbonyl (C=O) groups is 2. The fourth-order valence-corrected chi connectivity index (χ4v) is 1.93. The number of carbonyl (C=O) groups excluding carboxylic acids is 2. The topological polar surface area (TPSA) is 71.3 Å². The Bertz CT molecular complexity index is 679. The molecule has 0 saturated carbocycles. The number of aryl methyl sites for hydroxylation is 2. The standard InChI is InChI=1S/C15H15FN2O3/c1-9-6-13(10(2)21-9)15(20)18-17-14(19)8-11-4-3-5-12(16)7-11/h3-7H,8H2,1-2H3,(H,17,19)(H,18,20). The van der Waals surface area contributed by atoms with Crippen LogP contribution in [0.2, 0.25) is 0 Å². The van der Waals surface area contributed by atoms with Gasteiger partial charge < -0.3 is 4.42 Å². The van der Waals surface area contributed by atoms with E-state index in [2.05, 4.69) is 10.9 Å². The van der Waals surface area contributed by atoms with Gasteiger partial charge in [0.1, 0.15) is 17.3 Å². The third-order valence-corrected chi connectivity index (χ3v) is 2.85. The van der Waals surface area contributed by atoms with Gasteiger partial charge in [0.05, 0.1) is 12.0 Å². The van der Waals surface area contributed by atoms with Gasteiger partial charge in [0.2, 0.25) is 5.91 Å². The van der Waals surface area contributed by atoms with E-state index in [9.17, 15) is 14.0 Å². The number of benzene rings is 1. The van der Waals surface area contributed by atoms with Crippen molar-refractivity contribution >= 4 is 11.8 Å². The SMILES string of the molecule is Cc1cc(C(=O)NNC(=O)Cc2cccc(F)c2)c(C)o1. The molecule has 0 radical (unpaired) electrons. The average molecular weight is 290 g/mol. The molecule has 2 amide bonds. The summed E-state index contributed by atoms with van der Waals surface area (Å²) in [6.07, 6.45) is -0.0264. The Labute approximate surface area is 121 Å². The largest absolute Gasteiger partial charge is 0.466 e. The van der Waals surface area contributed by atoms with Crippen LogP contribution in [0, 0.1) is 19.7 Å². The summed E-state index contributed by atoms with van der Waals surface area (Å²) in [6, 6.07) is 7.31. The summed E-state index contributed by atoms with van der Waals surface area (Å²) in [4.78, 5) is 23.5. The fourth-order valence-electron chi connectivity index (χ4n) is 1.93. The van der Waals surface area contributed by atoms with E-state index >= 15 is 0 Å². The van der Waals surface area contributed by atoms with E-state index in [-0.39, 0.29) is 6.42 Å². The van der Waals surface area contributed by atoms with Crippen LogP contribution >= 0.6 is 0 Å². The first-order chi connectivity index (χ1) is 9.95. The molecule has 0 aliphatic rings. The first-order valence-corrected chi connectivity index (χ1v) is 6.36. The van der Waals surface area contributed by atoms with E-state index in [0.717, 1.165) is 0 Å². The van der Waals surface area contributed by atoms with Crippen LogP contribution < -0.4 is 10.9 Å². The normalized spacial score (nSPS) is 10.2. The molecule has 6 heteroatoms. The average Bonchev–Trinajstić information content (AvgIpc) is 2.75. The lowest BCUT2D eigenvalue weighted by molar-refractivity contribution is -0.121. The quantitative estimate of drug-likeness (QED) is 0.850. The summed E-state index contributed by atoms with van der Waals surface area (Å²) >= 11 is 0. The van der Waals surface area contributed by atoms with Gasteiger partial charge in [-0.2, -0.15) is 0 Å². The van der Waals surface area contributed by atoms with E-state index in [1.54, 1.807) is 26.0 Å². The van der Waals surface area contributed by atoms with Crippen molar-refractivity contribution in [3.8, 4) is 0 Å². The van der Waals surface area contributed by atoms with Gasteiger partial charge in [-0.25, -0.2) is 4.39 Å². The highest BCUT2D eigenvalue weighted by Crippen LogP contribution is 2.12. The van der Waals surface area contributed by atoms with E-state index in [1.807, 2.05) is 0 Å². The molecule has 2 aromatic rings. The molecule has 0 unspecified atom stereocenters. The van der Waals surface area contributed by atoms with Crippen molar-refractivity contribution in [2.24, 2.45) is 0 Å². The summed E-state index contributed by atoms with van der Waals surface area (Å²) in [7, 11) is 0. The molecule has 1 aromatic heterocycles. The number of furan rings is 1. The Morgan fingerprint density at radius 2 is 1.95 bits per heavy atom. The highest BCUT2D eigenvalue weighted by Gasteiger charge is 2.14. The molecule has 1 heterocycles. The molecule has 0 aliphatic heterocycles. The fraction of sp³-hybridized carbons (Fsp3) is 0.200. The maximum Gasteiger partial charge on any atom is 0.273 e. The zero-order valence-corrected chi connectivity index (χ0v) is 11.7. The van der Waals surface area contributed by atoms with Crippen molar-refractivity contribution in [1.29, 1.82) is 0 Å². The van der Waals surface area contributed by atoms with Crippen LogP contribution in [0.5, 0.6) is 0 Å². The lowest BCUT2D eigenvalue weighted by Crippen LogP contribution is -2.42. The van der Waals surface area contributed by atoms with Crippen LogP contribution in [0.15, 0.2) is 34.7 Å². The van der Waals surface area contributed by atoms with Crippen molar-refractivity contribution in [3.05, 3.63) is 58.8 Å². The van der Waals surface area contributed by atoms with Crippen LogP contribution in [0.25, 0.3) is 0 Å². The molecule has 0 bridgehead atoms. The number of hydrazine groups is 1. The van der Waals surface area contributed by atoms with Gasteiger partial charge in [0.15, 0.2) is 0 Å². The second-order valence-corrected chi connectivity index (χ2v) is 4.64. The van der Waals surface area contributed by atoms with E-state index in [1.165, 1.54) is 18.2 Å². The van der Waals surface area contributed by atoms with Crippen molar-refractivity contribution in [3.63, 3.8) is 0 Å². The van der Waals surface area contributed by atoms with Crippen LogP contribution in [-0.4, -0.2) is 11.8 Å². The zero-order valence-electron chi connectivity index (χ0n) is 11.7. The lowest BCUT2D eigenvalue weighted by atomic mass is 10.1. The van der Waals surface area contributed by atoms with Gasteiger partial charge in [-0.1, -0.05) is 12.1 Å². The lowest BCUT2D eigenvalue weighted by Gasteiger charge is -2.07. The van der Waals surface area contributed by atoms with Crippen molar-refractivity contribution in [2.75, 3.05) is 0 Å². The summed E-state index contributed by atoms with van der Waals surface area (Å²) in [5.41, 5.74) is 5.46. The third kappa shape index (κ3) is 3.92. The summed E-state index contributed by atoms with van der Waals surface area (Å²) < 4.78 is 18.2. The van der Waals surface area contributed by atoms with Crippen molar-refractivity contribution in [1.82, 2.24) is 10.9 Å². The minimum Gasteiger partial charge on any atom is -0.466 e. The Morgan fingerprint density at radius 3 is 2.57 bits per heavy atom. The van der Waals surface area contributed by atoms with Gasteiger partial charge >= 0.3 is 0 Å². The maximum atomic E-state index is 13.0. The van der Waals surface area contributed by atoms with E-state index in [0.29, 0.717) is 22.6 Å². The van der Waals surface area contributed by atoms with Crippen LogP contribution in [-0.2, 0) is 11.2 Å². The molecule has 2 N–H and O–H groups in total. The van der Waals surface area contributed by atoms with Gasteiger partial charge in [-0.3, -0.25) is 20.4 Å². The summed E-state index contributed by atoms with van der Waals surface area (Å²) in [5, 5.41) is 0. The highest BCUT2D eigenvalue weighted by atomic mass is 19.1.